The number of para-hydroxylation sites is 2. The number of rotatable bonds is 8. The summed E-state index contributed by atoms with van der Waals surface area (Å²) in [6.07, 6.45) is 3.00. The fourth-order valence-electron chi connectivity index (χ4n) is 3.08. The number of anilines is 2. The van der Waals surface area contributed by atoms with Crippen molar-refractivity contribution in [3.05, 3.63) is 78.9 Å². The van der Waals surface area contributed by atoms with Gasteiger partial charge in [0.1, 0.15) is 17.5 Å². The maximum atomic E-state index is 12.9. The maximum absolute atomic E-state index is 12.9. The molecule has 0 saturated carbocycles. The summed E-state index contributed by atoms with van der Waals surface area (Å²) in [5.41, 5.74) is 1.02. The number of nitrogens with one attached hydrogen (secondary N) is 1. The normalized spacial score (nSPS) is 12.1. The summed E-state index contributed by atoms with van der Waals surface area (Å²) in [5, 5.41) is 2.84. The van der Waals surface area contributed by atoms with Gasteiger partial charge in [0.05, 0.1) is 17.6 Å². The van der Waals surface area contributed by atoms with Crippen LogP contribution in [0.2, 0.25) is 0 Å². The molecule has 31 heavy (non-hydrogen) atoms. The number of amides is 1. The summed E-state index contributed by atoms with van der Waals surface area (Å²) >= 11 is 1.50. The van der Waals surface area contributed by atoms with Gasteiger partial charge in [-0.25, -0.2) is 8.42 Å². The van der Waals surface area contributed by atoms with Crippen molar-refractivity contribution in [2.24, 2.45) is 0 Å². The average Bonchev–Trinajstić information content (AvgIpc) is 2.75. The fourth-order valence-corrected chi connectivity index (χ4v) is 4.81. The van der Waals surface area contributed by atoms with Crippen LogP contribution in [0.15, 0.2) is 83.8 Å². The molecule has 0 aliphatic heterocycles. The van der Waals surface area contributed by atoms with E-state index < -0.39 is 22.0 Å². The molecule has 0 fully saturated rings. The van der Waals surface area contributed by atoms with Crippen LogP contribution < -0.4 is 14.4 Å². The lowest BCUT2D eigenvalue weighted by Gasteiger charge is -2.28. The molecule has 0 aliphatic rings. The highest BCUT2D eigenvalue weighted by molar-refractivity contribution is 7.98. The first-order valence-electron chi connectivity index (χ1n) is 9.56. The summed E-state index contributed by atoms with van der Waals surface area (Å²) in [7, 11) is -3.72. The lowest BCUT2D eigenvalue weighted by molar-refractivity contribution is -0.116. The predicted octanol–water partition coefficient (Wildman–Crippen LogP) is 4.99. The van der Waals surface area contributed by atoms with Gasteiger partial charge in [0.15, 0.2) is 0 Å². The molecule has 0 radical (unpaired) electrons. The lowest BCUT2D eigenvalue weighted by Crippen LogP contribution is -2.45. The van der Waals surface area contributed by atoms with Crippen molar-refractivity contribution >= 4 is 39.1 Å². The molecule has 3 aromatic carbocycles. The van der Waals surface area contributed by atoms with Gasteiger partial charge in [-0.2, -0.15) is 0 Å². The highest BCUT2D eigenvalue weighted by Gasteiger charge is 2.29. The van der Waals surface area contributed by atoms with Gasteiger partial charge in [-0.3, -0.25) is 9.10 Å². The van der Waals surface area contributed by atoms with E-state index in [2.05, 4.69) is 5.32 Å². The molecule has 1 amide bonds. The number of sulfonamides is 1. The molecule has 0 saturated heterocycles. The zero-order valence-corrected chi connectivity index (χ0v) is 19.1. The number of carbonyl (C=O) groups is 1. The second-order valence-corrected chi connectivity index (χ2v) is 9.54. The van der Waals surface area contributed by atoms with Crippen LogP contribution in [0.4, 0.5) is 11.4 Å². The summed E-state index contributed by atoms with van der Waals surface area (Å²) in [5.74, 6) is 0.821. The largest absolute Gasteiger partial charge is 0.457 e. The maximum Gasteiger partial charge on any atom is 0.248 e. The average molecular weight is 457 g/mol. The monoisotopic (exact) mass is 456 g/mol. The molecule has 1 N–H and O–H groups in total. The van der Waals surface area contributed by atoms with Gasteiger partial charge in [0.25, 0.3) is 0 Å². The molecule has 6 nitrogen and oxygen atoms in total. The number of hydrogen-bond acceptors (Lipinski definition) is 5. The molecule has 1 atom stereocenters. The molecular formula is C23H24N2O4S2. The standard InChI is InChI=1S/C23H24N2O4S2/c1-17(23(26)24-21-11-7-8-12-22(21)30-2)25(31(3,27)28)18-13-15-20(16-14-18)29-19-9-5-4-6-10-19/h4-17H,1-3H3,(H,24,26)/t17-/m0/s1. The lowest BCUT2D eigenvalue weighted by atomic mass is 10.2. The minimum Gasteiger partial charge on any atom is -0.457 e. The Labute approximate surface area is 187 Å². The number of nitrogens with zero attached hydrogens (tertiary/aromatic N) is 1. The Morgan fingerprint density at radius 1 is 0.935 bits per heavy atom. The smallest absolute Gasteiger partial charge is 0.248 e. The van der Waals surface area contributed by atoms with Crippen molar-refractivity contribution < 1.29 is 17.9 Å². The van der Waals surface area contributed by atoms with E-state index in [1.54, 1.807) is 37.3 Å². The first-order valence-corrected chi connectivity index (χ1v) is 12.6. The van der Waals surface area contributed by atoms with Gasteiger partial charge in [0, 0.05) is 4.90 Å². The molecular weight excluding hydrogens is 432 g/mol. The number of ether oxygens (including phenoxy) is 1. The highest BCUT2D eigenvalue weighted by Crippen LogP contribution is 2.28. The Morgan fingerprint density at radius 2 is 1.52 bits per heavy atom. The Kier molecular flexibility index (Phi) is 7.25. The molecule has 0 bridgehead atoms. The zero-order valence-electron chi connectivity index (χ0n) is 17.5. The molecule has 3 rings (SSSR count). The molecule has 0 unspecified atom stereocenters. The molecule has 0 heterocycles. The van der Waals surface area contributed by atoms with Crippen LogP contribution in [0.5, 0.6) is 11.5 Å². The second kappa shape index (κ2) is 9.89. The van der Waals surface area contributed by atoms with E-state index in [1.807, 2.05) is 54.8 Å². The van der Waals surface area contributed by atoms with Crippen LogP contribution >= 0.6 is 11.8 Å². The van der Waals surface area contributed by atoms with E-state index in [0.29, 0.717) is 22.9 Å². The first kappa shape index (κ1) is 22.7. The van der Waals surface area contributed by atoms with E-state index in [9.17, 15) is 13.2 Å². The Balaban J connectivity index is 1.82. The molecule has 0 aliphatic carbocycles. The van der Waals surface area contributed by atoms with Gasteiger partial charge in [-0.15, -0.1) is 11.8 Å². The van der Waals surface area contributed by atoms with Crippen LogP contribution in [0.1, 0.15) is 6.92 Å². The SMILES string of the molecule is CSc1ccccc1NC(=O)[C@H](C)N(c1ccc(Oc2ccccc2)cc1)S(C)(=O)=O. The third-order valence-corrected chi connectivity index (χ3v) is 6.56. The van der Waals surface area contributed by atoms with E-state index in [1.165, 1.54) is 11.8 Å². The molecule has 0 spiro atoms. The topological polar surface area (TPSA) is 75.7 Å². The summed E-state index contributed by atoms with van der Waals surface area (Å²) in [6.45, 7) is 1.56. The Hall–Kier alpha value is -2.97. The third kappa shape index (κ3) is 5.80. The van der Waals surface area contributed by atoms with Crippen LogP contribution in [0.3, 0.4) is 0 Å². The van der Waals surface area contributed by atoms with Gasteiger partial charge in [0.2, 0.25) is 15.9 Å². The molecule has 8 heteroatoms. The van der Waals surface area contributed by atoms with Gasteiger partial charge in [-0.1, -0.05) is 30.3 Å². The second-order valence-electron chi connectivity index (χ2n) is 6.83. The van der Waals surface area contributed by atoms with Crippen LogP contribution in [-0.2, 0) is 14.8 Å². The molecule has 0 aromatic heterocycles. The van der Waals surface area contributed by atoms with E-state index in [-0.39, 0.29) is 0 Å². The summed E-state index contributed by atoms with van der Waals surface area (Å²) < 4.78 is 31.9. The Bertz CT molecular complexity index is 1130. The summed E-state index contributed by atoms with van der Waals surface area (Å²) in [4.78, 5) is 13.8. The third-order valence-electron chi connectivity index (χ3n) is 4.52. The van der Waals surface area contributed by atoms with Gasteiger partial charge >= 0.3 is 0 Å². The minimum atomic E-state index is -3.72. The fraction of sp³-hybridized carbons (Fsp3) is 0.174. The van der Waals surface area contributed by atoms with Crippen molar-refractivity contribution in [2.75, 3.05) is 22.1 Å². The predicted molar refractivity (Wildman–Crippen MR) is 127 cm³/mol. The zero-order chi connectivity index (χ0) is 22.4. The Morgan fingerprint density at radius 3 is 2.13 bits per heavy atom. The number of thioether (sulfide) groups is 1. The van der Waals surface area contributed by atoms with Crippen molar-refractivity contribution in [1.29, 1.82) is 0 Å². The van der Waals surface area contributed by atoms with Crippen molar-refractivity contribution in [1.82, 2.24) is 0 Å². The summed E-state index contributed by atoms with van der Waals surface area (Å²) in [6, 6.07) is 22.3. The van der Waals surface area contributed by atoms with Crippen LogP contribution in [0, 0.1) is 0 Å². The number of hydrogen-bond donors (Lipinski definition) is 1. The van der Waals surface area contributed by atoms with Gasteiger partial charge < -0.3 is 10.1 Å². The van der Waals surface area contributed by atoms with Crippen LogP contribution in [0.25, 0.3) is 0 Å². The van der Waals surface area contributed by atoms with Crippen molar-refractivity contribution in [2.45, 2.75) is 17.9 Å². The number of carbonyl (C=O) groups excluding carboxylic acids is 1. The van der Waals surface area contributed by atoms with Crippen molar-refractivity contribution in [3.8, 4) is 11.5 Å². The minimum absolute atomic E-state index is 0.378. The molecule has 3 aromatic rings. The number of benzene rings is 3. The molecule has 162 valence electrons. The highest BCUT2D eigenvalue weighted by atomic mass is 32.2. The first-order chi connectivity index (χ1) is 14.8. The quantitative estimate of drug-likeness (QED) is 0.483. The van der Waals surface area contributed by atoms with Crippen LogP contribution in [-0.4, -0.2) is 32.9 Å². The van der Waals surface area contributed by atoms with Crippen molar-refractivity contribution in [3.63, 3.8) is 0 Å². The van der Waals surface area contributed by atoms with E-state index in [0.717, 1.165) is 15.5 Å². The van der Waals surface area contributed by atoms with Gasteiger partial charge in [-0.05, 0) is 61.7 Å². The van der Waals surface area contributed by atoms with E-state index in [4.69, 9.17) is 4.74 Å². The van der Waals surface area contributed by atoms with E-state index >= 15 is 0 Å².